The molecule has 0 spiro atoms. The number of rotatable bonds is 3. The van der Waals surface area contributed by atoms with Crippen LogP contribution in [0, 0.1) is 5.82 Å². The van der Waals surface area contributed by atoms with Gasteiger partial charge in [-0.15, -0.1) is 0 Å². The number of carbonyl (C=O) groups is 2. The van der Waals surface area contributed by atoms with Crippen LogP contribution in [-0.4, -0.2) is 36.5 Å². The first-order valence-corrected chi connectivity index (χ1v) is 6.88. The minimum Gasteiger partial charge on any atom is -0.452 e. The van der Waals surface area contributed by atoms with Crippen LogP contribution in [0.2, 0.25) is 0 Å². The van der Waals surface area contributed by atoms with Gasteiger partial charge in [0.05, 0.1) is 5.56 Å². The first-order valence-electron chi connectivity index (χ1n) is 6.88. The number of carbonyl (C=O) groups excluding carboxylic acids is 2. The SMILES string of the molecule is O=C(OCC(=O)N1CCCCCC1)c1ccccc1F. The summed E-state index contributed by atoms with van der Waals surface area (Å²) in [4.78, 5) is 25.3. The van der Waals surface area contributed by atoms with Crippen LogP contribution in [0.15, 0.2) is 24.3 Å². The zero-order chi connectivity index (χ0) is 14.4. The van der Waals surface area contributed by atoms with Crippen molar-refractivity contribution in [3.63, 3.8) is 0 Å². The number of likely N-dealkylation sites (tertiary alicyclic amines) is 1. The number of hydrogen-bond donors (Lipinski definition) is 0. The van der Waals surface area contributed by atoms with E-state index in [1.165, 1.54) is 18.2 Å². The predicted octanol–water partition coefficient (Wildman–Crippen LogP) is 2.39. The molecule has 0 N–H and O–H groups in total. The van der Waals surface area contributed by atoms with E-state index < -0.39 is 11.8 Å². The highest BCUT2D eigenvalue weighted by molar-refractivity contribution is 5.91. The quantitative estimate of drug-likeness (QED) is 0.798. The zero-order valence-electron chi connectivity index (χ0n) is 11.3. The highest BCUT2D eigenvalue weighted by Crippen LogP contribution is 2.11. The van der Waals surface area contributed by atoms with Crippen molar-refractivity contribution in [1.82, 2.24) is 4.90 Å². The van der Waals surface area contributed by atoms with Crippen LogP contribution in [0.3, 0.4) is 0 Å². The van der Waals surface area contributed by atoms with Crippen LogP contribution in [0.25, 0.3) is 0 Å². The Hall–Kier alpha value is -1.91. The molecule has 1 aliphatic rings. The molecule has 1 fully saturated rings. The fraction of sp³-hybridized carbons (Fsp3) is 0.467. The minimum absolute atomic E-state index is 0.142. The van der Waals surface area contributed by atoms with Gasteiger partial charge in [-0.2, -0.15) is 0 Å². The molecule has 20 heavy (non-hydrogen) atoms. The van der Waals surface area contributed by atoms with Gasteiger partial charge in [0.15, 0.2) is 6.61 Å². The Kier molecular flexibility index (Phi) is 5.09. The topological polar surface area (TPSA) is 46.6 Å². The van der Waals surface area contributed by atoms with E-state index in [2.05, 4.69) is 0 Å². The van der Waals surface area contributed by atoms with Gasteiger partial charge in [0.2, 0.25) is 0 Å². The molecule has 1 saturated heterocycles. The number of nitrogens with zero attached hydrogens (tertiary/aromatic N) is 1. The van der Waals surface area contributed by atoms with Gasteiger partial charge in [-0.3, -0.25) is 4.79 Å². The number of amides is 1. The van der Waals surface area contributed by atoms with Crippen LogP contribution >= 0.6 is 0 Å². The maximum absolute atomic E-state index is 13.4. The summed E-state index contributed by atoms with van der Waals surface area (Å²) < 4.78 is 18.3. The summed E-state index contributed by atoms with van der Waals surface area (Å²) >= 11 is 0. The molecule has 1 heterocycles. The lowest BCUT2D eigenvalue weighted by molar-refractivity contribution is -0.134. The Morgan fingerprint density at radius 1 is 1.10 bits per heavy atom. The molecule has 108 valence electrons. The normalized spacial score (nSPS) is 15.6. The van der Waals surface area contributed by atoms with Crippen molar-refractivity contribution < 1.29 is 18.7 Å². The minimum atomic E-state index is -0.800. The van der Waals surface area contributed by atoms with E-state index in [9.17, 15) is 14.0 Å². The molecule has 1 aliphatic heterocycles. The Morgan fingerprint density at radius 3 is 2.40 bits per heavy atom. The van der Waals surface area contributed by atoms with Gasteiger partial charge in [-0.25, -0.2) is 9.18 Å². The van der Waals surface area contributed by atoms with Crippen molar-refractivity contribution in [3.05, 3.63) is 35.6 Å². The highest BCUT2D eigenvalue weighted by atomic mass is 19.1. The summed E-state index contributed by atoms with van der Waals surface area (Å²) in [6.07, 6.45) is 4.21. The molecule has 0 aliphatic carbocycles. The average molecular weight is 279 g/mol. The molecule has 0 saturated carbocycles. The second-order valence-corrected chi connectivity index (χ2v) is 4.85. The largest absolute Gasteiger partial charge is 0.452 e. The highest BCUT2D eigenvalue weighted by Gasteiger charge is 2.18. The van der Waals surface area contributed by atoms with Gasteiger partial charge in [-0.05, 0) is 25.0 Å². The zero-order valence-corrected chi connectivity index (χ0v) is 11.3. The van der Waals surface area contributed by atoms with Gasteiger partial charge >= 0.3 is 5.97 Å². The van der Waals surface area contributed by atoms with Crippen LogP contribution < -0.4 is 0 Å². The molecule has 1 aromatic rings. The van der Waals surface area contributed by atoms with Crippen LogP contribution in [0.1, 0.15) is 36.0 Å². The van der Waals surface area contributed by atoms with Gasteiger partial charge in [0.1, 0.15) is 5.82 Å². The second-order valence-electron chi connectivity index (χ2n) is 4.85. The monoisotopic (exact) mass is 279 g/mol. The smallest absolute Gasteiger partial charge is 0.341 e. The number of ether oxygens (including phenoxy) is 1. The number of benzene rings is 1. The van der Waals surface area contributed by atoms with Crippen LogP contribution in [0.4, 0.5) is 4.39 Å². The molecule has 5 heteroatoms. The number of esters is 1. The Labute approximate surface area is 117 Å². The van der Waals surface area contributed by atoms with E-state index in [0.29, 0.717) is 13.1 Å². The summed E-state index contributed by atoms with van der Waals surface area (Å²) in [7, 11) is 0. The van der Waals surface area contributed by atoms with Crippen molar-refractivity contribution in [2.24, 2.45) is 0 Å². The molecule has 0 aromatic heterocycles. The first-order chi connectivity index (χ1) is 9.68. The third-order valence-electron chi connectivity index (χ3n) is 3.38. The van der Waals surface area contributed by atoms with Crippen molar-refractivity contribution in [1.29, 1.82) is 0 Å². The predicted molar refractivity (Wildman–Crippen MR) is 71.7 cm³/mol. The fourth-order valence-electron chi connectivity index (χ4n) is 2.24. The van der Waals surface area contributed by atoms with E-state index in [1.807, 2.05) is 0 Å². The average Bonchev–Trinajstić information content (AvgIpc) is 2.74. The Balaban J connectivity index is 1.86. The lowest BCUT2D eigenvalue weighted by Crippen LogP contribution is -2.35. The molecule has 2 rings (SSSR count). The van der Waals surface area contributed by atoms with E-state index >= 15 is 0 Å². The van der Waals surface area contributed by atoms with Crippen molar-refractivity contribution in [2.45, 2.75) is 25.7 Å². The summed E-state index contributed by atoms with van der Waals surface area (Å²) in [6, 6.07) is 5.58. The lowest BCUT2D eigenvalue weighted by atomic mass is 10.2. The standard InChI is InChI=1S/C15H18FNO3/c16-13-8-4-3-7-12(13)15(19)20-11-14(18)17-9-5-1-2-6-10-17/h3-4,7-8H,1-2,5-6,9-11H2. The third-order valence-corrected chi connectivity index (χ3v) is 3.38. The fourth-order valence-corrected chi connectivity index (χ4v) is 2.24. The van der Waals surface area contributed by atoms with Crippen molar-refractivity contribution >= 4 is 11.9 Å². The van der Waals surface area contributed by atoms with E-state index in [4.69, 9.17) is 4.74 Å². The molecule has 0 radical (unpaired) electrons. The summed E-state index contributed by atoms with van der Waals surface area (Å²) in [5.74, 6) is -1.65. The van der Waals surface area contributed by atoms with Gasteiger partial charge < -0.3 is 9.64 Å². The molecular weight excluding hydrogens is 261 g/mol. The van der Waals surface area contributed by atoms with E-state index in [-0.39, 0.29) is 18.1 Å². The van der Waals surface area contributed by atoms with Crippen LogP contribution in [0.5, 0.6) is 0 Å². The molecular formula is C15H18FNO3. The number of halogens is 1. The molecule has 1 amide bonds. The molecule has 4 nitrogen and oxygen atoms in total. The third kappa shape index (κ3) is 3.79. The lowest BCUT2D eigenvalue weighted by Gasteiger charge is -2.19. The molecule has 0 atom stereocenters. The summed E-state index contributed by atoms with van der Waals surface area (Å²) in [6.45, 7) is 1.08. The van der Waals surface area contributed by atoms with Gasteiger partial charge in [-0.1, -0.05) is 25.0 Å². The van der Waals surface area contributed by atoms with Gasteiger partial charge in [0, 0.05) is 13.1 Å². The van der Waals surface area contributed by atoms with Crippen molar-refractivity contribution in [2.75, 3.05) is 19.7 Å². The first kappa shape index (κ1) is 14.5. The van der Waals surface area contributed by atoms with Gasteiger partial charge in [0.25, 0.3) is 5.91 Å². The van der Waals surface area contributed by atoms with Crippen molar-refractivity contribution in [3.8, 4) is 0 Å². The maximum atomic E-state index is 13.4. The molecule has 0 unspecified atom stereocenters. The second kappa shape index (κ2) is 7.03. The maximum Gasteiger partial charge on any atom is 0.341 e. The van der Waals surface area contributed by atoms with E-state index in [0.717, 1.165) is 25.7 Å². The Bertz CT molecular complexity index is 482. The Morgan fingerprint density at radius 2 is 1.75 bits per heavy atom. The summed E-state index contributed by atoms with van der Waals surface area (Å²) in [5, 5.41) is 0. The molecule has 1 aromatic carbocycles. The van der Waals surface area contributed by atoms with E-state index in [1.54, 1.807) is 11.0 Å². The summed E-state index contributed by atoms with van der Waals surface area (Å²) in [5.41, 5.74) is -0.142. The van der Waals surface area contributed by atoms with Crippen LogP contribution in [-0.2, 0) is 9.53 Å². The number of hydrogen-bond acceptors (Lipinski definition) is 3. The molecule has 0 bridgehead atoms.